The smallest absolute Gasteiger partial charge is 0.267 e. The highest BCUT2D eigenvalue weighted by atomic mass is 128. The normalized spacial score (nSPS) is 13.1. The van der Waals surface area contributed by atoms with Crippen LogP contribution in [0.2, 0.25) is 0 Å². The van der Waals surface area contributed by atoms with Gasteiger partial charge in [0.25, 0.3) is 11.5 Å². The van der Waals surface area contributed by atoms with Crippen LogP contribution in [0.25, 0.3) is 12.2 Å². The minimum absolute atomic E-state index is 0.146. The van der Waals surface area contributed by atoms with Crippen LogP contribution >= 0.6 is 48.6 Å². The van der Waals surface area contributed by atoms with Gasteiger partial charge in [0.1, 0.15) is 4.53 Å². The van der Waals surface area contributed by atoms with Crippen LogP contribution in [0, 0.1) is 0 Å². The van der Waals surface area contributed by atoms with Gasteiger partial charge in [0.2, 0.25) is 0 Å². The van der Waals surface area contributed by atoms with Crippen LogP contribution in [-0.2, 0) is 11.3 Å². The van der Waals surface area contributed by atoms with Crippen molar-refractivity contribution >= 4 is 72.3 Å². The zero-order valence-electron chi connectivity index (χ0n) is 17.5. The van der Waals surface area contributed by atoms with Crippen molar-refractivity contribution in [3.8, 4) is 0 Å². The summed E-state index contributed by atoms with van der Waals surface area (Å²) in [6, 6.07) is 17.4. The Kier molecular flexibility index (Phi) is 12.2. The summed E-state index contributed by atoms with van der Waals surface area (Å²) in [6.45, 7) is 12.2. The zero-order valence-corrected chi connectivity index (χ0v) is 22.7. The fraction of sp³-hybridized carbons (Fsp3) is 0.217. The molecule has 0 saturated carbocycles. The first kappa shape index (κ1) is 26.6. The topological polar surface area (TPSA) is 53.2 Å². The predicted molar refractivity (Wildman–Crippen MR) is 147 cm³/mol. The summed E-state index contributed by atoms with van der Waals surface area (Å²) in [7, 11) is 0. The lowest BCUT2D eigenvalue weighted by atomic mass is 10.1. The maximum atomic E-state index is 13.1. The number of rotatable bonds is 2. The van der Waals surface area contributed by atoms with Gasteiger partial charge < -0.3 is 9.88 Å². The molecule has 0 fully saturated rings. The number of para-hydroxylation sites is 1. The number of aromatic nitrogens is 1. The van der Waals surface area contributed by atoms with Gasteiger partial charge in [-0.2, -0.15) is 0 Å². The molecule has 4 nitrogen and oxygen atoms in total. The molecule has 2 heterocycles. The number of carbonyl (C=O) groups excluding carboxylic acids is 1. The molecule has 3 aromatic rings. The van der Waals surface area contributed by atoms with Crippen LogP contribution < -0.4 is 19.7 Å². The van der Waals surface area contributed by atoms with E-state index in [0.717, 1.165) is 16.8 Å². The fourth-order valence-electron chi connectivity index (χ4n) is 2.97. The second kappa shape index (κ2) is 13.8. The minimum Gasteiger partial charge on any atom is -0.313 e. The number of nitrogens with zero attached hydrogens (tertiary/aromatic N) is 1. The number of benzene rings is 2. The molecule has 0 bridgehead atoms. The molecular formula is C23H26I2N2O2S. The van der Waals surface area contributed by atoms with E-state index in [1.165, 1.54) is 11.3 Å². The van der Waals surface area contributed by atoms with Gasteiger partial charge in [-0.25, -0.2) is 0 Å². The molecule has 0 saturated heterocycles. The zero-order chi connectivity index (χ0) is 22.7. The highest BCUT2D eigenvalue weighted by molar-refractivity contribution is 15.0. The number of amides is 1. The molecule has 1 aliphatic rings. The summed E-state index contributed by atoms with van der Waals surface area (Å²) in [5.41, 5.74) is 2.87. The number of thiazole rings is 1. The van der Waals surface area contributed by atoms with E-state index in [1.54, 1.807) is 4.90 Å². The maximum Gasteiger partial charge on any atom is 0.267 e. The lowest BCUT2D eigenvalue weighted by molar-refractivity contribution is -0.113. The SMILES string of the molecule is C=c1[nH]c(=O)/c(=C2/C(=O)N(Cc3ccccc3)c3ccccc32)s1.CC.CC.II. The third-order valence-electron chi connectivity index (χ3n) is 4.02. The van der Waals surface area contributed by atoms with E-state index in [1.807, 2.05) is 82.3 Å². The Morgan fingerprint density at radius 2 is 1.50 bits per heavy atom. The number of fused-ring (bicyclic) bond motifs is 1. The molecule has 1 aromatic heterocycles. The molecule has 4 rings (SSSR count). The molecule has 0 radical (unpaired) electrons. The van der Waals surface area contributed by atoms with Gasteiger partial charge in [-0.1, -0.05) is 82.8 Å². The van der Waals surface area contributed by atoms with Crippen molar-refractivity contribution in [2.24, 2.45) is 0 Å². The second-order valence-corrected chi connectivity index (χ2v) is 6.68. The third kappa shape index (κ3) is 6.04. The molecule has 0 aliphatic carbocycles. The van der Waals surface area contributed by atoms with Crippen LogP contribution in [0.5, 0.6) is 0 Å². The standard InChI is InChI=1S/C19H14N2O2S.2C2H6.I2/c1-12-20-18(22)17(24-12)16-14-9-5-6-10-15(14)21(19(16)23)11-13-7-3-2-4-8-13;3*1-2/h2-10H,1,11H2,(H,20,22);2*1-2H3;/b17-16-;;;. The maximum absolute atomic E-state index is 13.1. The van der Waals surface area contributed by atoms with Crippen molar-refractivity contribution in [2.45, 2.75) is 34.2 Å². The van der Waals surface area contributed by atoms with Gasteiger partial charge in [-0.3, -0.25) is 9.59 Å². The fourth-order valence-corrected chi connectivity index (χ4v) is 3.80. The van der Waals surface area contributed by atoms with Gasteiger partial charge >= 0.3 is 0 Å². The van der Waals surface area contributed by atoms with Crippen molar-refractivity contribution in [2.75, 3.05) is 4.90 Å². The summed E-state index contributed by atoms with van der Waals surface area (Å²) in [4.78, 5) is 29.6. The van der Waals surface area contributed by atoms with Crippen LogP contribution in [-0.4, -0.2) is 10.9 Å². The average molecular weight is 648 g/mol. The first-order valence-electron chi connectivity index (χ1n) is 9.67. The van der Waals surface area contributed by atoms with E-state index in [0.29, 0.717) is 21.3 Å². The highest BCUT2D eigenvalue weighted by Crippen LogP contribution is 2.35. The van der Waals surface area contributed by atoms with Gasteiger partial charge in [0, 0.05) is 42.8 Å². The second-order valence-electron chi connectivity index (χ2n) is 5.58. The average Bonchev–Trinajstić information content (AvgIpc) is 3.28. The van der Waals surface area contributed by atoms with Crippen molar-refractivity contribution in [1.82, 2.24) is 4.98 Å². The summed E-state index contributed by atoms with van der Waals surface area (Å²) in [6.07, 6.45) is 0. The van der Waals surface area contributed by atoms with E-state index in [-0.39, 0.29) is 11.5 Å². The van der Waals surface area contributed by atoms with Crippen molar-refractivity contribution in [1.29, 1.82) is 0 Å². The molecule has 1 aliphatic heterocycles. The van der Waals surface area contributed by atoms with E-state index in [2.05, 4.69) is 48.8 Å². The Morgan fingerprint density at radius 1 is 0.933 bits per heavy atom. The van der Waals surface area contributed by atoms with E-state index in [4.69, 9.17) is 0 Å². The predicted octanol–water partition coefficient (Wildman–Crippen LogP) is 5.42. The van der Waals surface area contributed by atoms with Crippen LogP contribution in [0.4, 0.5) is 5.69 Å². The number of halogens is 2. The summed E-state index contributed by atoms with van der Waals surface area (Å²) >= 11 is 5.46. The third-order valence-corrected chi connectivity index (χ3v) is 4.96. The molecule has 0 atom stereocenters. The molecule has 7 heteroatoms. The summed E-state index contributed by atoms with van der Waals surface area (Å²) in [5, 5.41) is 0. The first-order chi connectivity index (χ1) is 14.6. The van der Waals surface area contributed by atoms with Crippen LogP contribution in [0.15, 0.2) is 59.4 Å². The molecule has 0 unspecified atom stereocenters. The number of nitrogens with one attached hydrogen (secondary N) is 1. The van der Waals surface area contributed by atoms with Crippen molar-refractivity contribution < 1.29 is 4.79 Å². The molecular weight excluding hydrogens is 622 g/mol. The number of hydrogen-bond donors (Lipinski definition) is 1. The largest absolute Gasteiger partial charge is 0.313 e. The highest BCUT2D eigenvalue weighted by Gasteiger charge is 2.33. The molecule has 2 aromatic carbocycles. The number of anilines is 1. The van der Waals surface area contributed by atoms with E-state index >= 15 is 0 Å². The van der Waals surface area contributed by atoms with Gasteiger partial charge in [0.15, 0.2) is 0 Å². The van der Waals surface area contributed by atoms with E-state index in [9.17, 15) is 9.59 Å². The van der Waals surface area contributed by atoms with Gasteiger partial charge in [0.05, 0.1) is 22.5 Å². The number of carbonyl (C=O) groups is 1. The molecule has 0 spiro atoms. The first-order valence-corrected chi connectivity index (χ1v) is 16.8. The Labute approximate surface area is 205 Å². The van der Waals surface area contributed by atoms with Crippen LogP contribution in [0.1, 0.15) is 38.8 Å². The van der Waals surface area contributed by atoms with Gasteiger partial charge in [-0.05, 0) is 11.6 Å². The van der Waals surface area contributed by atoms with Gasteiger partial charge in [-0.15, -0.1) is 11.3 Å². The molecule has 160 valence electrons. The van der Waals surface area contributed by atoms with Crippen LogP contribution in [0.3, 0.4) is 0 Å². The summed E-state index contributed by atoms with van der Waals surface area (Å²) < 4.78 is 0.974. The lowest BCUT2D eigenvalue weighted by Gasteiger charge is -2.17. The number of H-pyrrole nitrogens is 1. The Balaban J connectivity index is 0.000000691. The van der Waals surface area contributed by atoms with Crippen molar-refractivity contribution in [3.05, 3.63) is 85.3 Å². The lowest BCUT2D eigenvalue weighted by Crippen LogP contribution is -2.30. The number of hydrogen-bond acceptors (Lipinski definition) is 3. The Bertz CT molecular complexity index is 1110. The minimum atomic E-state index is -0.260. The number of aromatic amines is 1. The van der Waals surface area contributed by atoms with E-state index < -0.39 is 0 Å². The molecule has 1 N–H and O–H groups in total. The quantitative estimate of drug-likeness (QED) is 0.378. The molecule has 30 heavy (non-hydrogen) atoms. The summed E-state index contributed by atoms with van der Waals surface area (Å²) in [5.74, 6) is -0.146. The molecule has 1 amide bonds. The Morgan fingerprint density at radius 3 is 2.07 bits per heavy atom. The monoisotopic (exact) mass is 648 g/mol. The van der Waals surface area contributed by atoms with Crippen molar-refractivity contribution in [3.63, 3.8) is 0 Å². The Hall–Kier alpha value is -1.46.